The van der Waals surface area contributed by atoms with E-state index in [4.69, 9.17) is 0 Å². The molecular weight excluding hydrogens is 346 g/mol. The zero-order chi connectivity index (χ0) is 19.2. The van der Waals surface area contributed by atoms with E-state index in [9.17, 15) is 9.59 Å². The van der Waals surface area contributed by atoms with Crippen LogP contribution in [-0.2, 0) is 11.8 Å². The third kappa shape index (κ3) is 3.08. The second-order valence-corrected chi connectivity index (χ2v) is 7.45. The first-order valence-electron chi connectivity index (χ1n) is 8.96. The second-order valence-electron chi connectivity index (χ2n) is 7.45. The molecule has 1 spiro atoms. The molecule has 27 heavy (non-hydrogen) atoms. The Morgan fingerprint density at radius 1 is 1.15 bits per heavy atom. The molecule has 0 N–H and O–H groups in total. The number of amides is 2. The monoisotopic (exact) mass is 369 g/mol. The van der Waals surface area contributed by atoms with Crippen molar-refractivity contribution in [1.29, 1.82) is 0 Å². The molecule has 142 valence electrons. The van der Waals surface area contributed by atoms with Crippen LogP contribution in [0.2, 0.25) is 0 Å². The van der Waals surface area contributed by atoms with E-state index in [1.165, 1.54) is 6.20 Å². The van der Waals surface area contributed by atoms with E-state index in [2.05, 4.69) is 20.0 Å². The number of nitrogens with zero attached hydrogens (tertiary/aromatic N) is 7. The fraction of sp³-hybridized carbons (Fsp3) is 0.500. The van der Waals surface area contributed by atoms with Gasteiger partial charge in [0.25, 0.3) is 5.91 Å². The van der Waals surface area contributed by atoms with Gasteiger partial charge in [0.05, 0.1) is 35.9 Å². The zero-order valence-corrected chi connectivity index (χ0v) is 15.8. The van der Waals surface area contributed by atoms with Crippen LogP contribution in [0.25, 0.3) is 0 Å². The maximum atomic E-state index is 12.8. The summed E-state index contributed by atoms with van der Waals surface area (Å²) in [6.07, 6.45) is 7.49. The number of hydrogen-bond donors (Lipinski definition) is 0. The van der Waals surface area contributed by atoms with Crippen LogP contribution in [0.5, 0.6) is 0 Å². The number of likely N-dealkylation sites (N-methyl/N-ethyl adjacent to an activating group) is 1. The topological polar surface area (TPSA) is 87.5 Å². The summed E-state index contributed by atoms with van der Waals surface area (Å²) in [5.41, 5.74) is 1.67. The first-order valence-corrected chi connectivity index (χ1v) is 8.96. The van der Waals surface area contributed by atoms with Crippen LogP contribution in [0.15, 0.2) is 24.8 Å². The number of likely N-dealkylation sites (tertiary alicyclic amines) is 1. The maximum absolute atomic E-state index is 12.8. The SMILES string of the molecule is Cc1cnc(C(=O)N2CC[C@]3(C2)CN(c2cnn(C)c2)C(=O)CN3C)cn1. The van der Waals surface area contributed by atoms with E-state index in [0.717, 1.165) is 17.8 Å². The van der Waals surface area contributed by atoms with Crippen molar-refractivity contribution in [2.45, 2.75) is 18.9 Å². The summed E-state index contributed by atoms with van der Waals surface area (Å²) in [6.45, 7) is 3.89. The third-order valence-corrected chi connectivity index (χ3v) is 5.56. The normalized spacial score (nSPS) is 23.4. The summed E-state index contributed by atoms with van der Waals surface area (Å²) in [7, 11) is 3.79. The molecule has 4 heterocycles. The molecule has 0 unspecified atom stereocenters. The highest BCUT2D eigenvalue weighted by Gasteiger charge is 2.49. The third-order valence-electron chi connectivity index (χ3n) is 5.56. The molecule has 2 fully saturated rings. The molecule has 2 saturated heterocycles. The van der Waals surface area contributed by atoms with E-state index < -0.39 is 0 Å². The Morgan fingerprint density at radius 2 is 1.96 bits per heavy atom. The van der Waals surface area contributed by atoms with Crippen molar-refractivity contribution in [3.8, 4) is 0 Å². The molecule has 0 bridgehead atoms. The van der Waals surface area contributed by atoms with Gasteiger partial charge < -0.3 is 9.80 Å². The Morgan fingerprint density at radius 3 is 2.63 bits per heavy atom. The van der Waals surface area contributed by atoms with Gasteiger partial charge in [-0.2, -0.15) is 5.10 Å². The van der Waals surface area contributed by atoms with Crippen molar-refractivity contribution >= 4 is 17.5 Å². The molecular formula is C18H23N7O2. The lowest BCUT2D eigenvalue weighted by Crippen LogP contribution is -2.64. The van der Waals surface area contributed by atoms with E-state index in [0.29, 0.717) is 31.9 Å². The quantitative estimate of drug-likeness (QED) is 0.745. The molecule has 2 aliphatic heterocycles. The van der Waals surface area contributed by atoms with Gasteiger partial charge in [-0.1, -0.05) is 0 Å². The highest BCUT2D eigenvalue weighted by atomic mass is 16.2. The minimum Gasteiger partial charge on any atom is -0.335 e. The standard InChI is InChI=1S/C18H23N7O2/c1-13-6-20-15(8-19-13)17(27)24-5-4-18(11-24)12-25(16(26)10-22(18)2)14-7-21-23(3)9-14/h6-9H,4-5,10-12H2,1-3H3/t18-/m0/s1. The highest BCUT2D eigenvalue weighted by molar-refractivity contribution is 5.96. The minimum absolute atomic E-state index is 0.0466. The predicted octanol–water partition coefficient (Wildman–Crippen LogP) is 0.0818. The smallest absolute Gasteiger partial charge is 0.274 e. The Labute approximate surface area is 157 Å². The second kappa shape index (κ2) is 6.41. The number of aromatic nitrogens is 4. The van der Waals surface area contributed by atoms with Gasteiger partial charge in [0.1, 0.15) is 5.69 Å². The summed E-state index contributed by atoms with van der Waals surface area (Å²) < 4.78 is 1.69. The molecule has 0 radical (unpaired) electrons. The van der Waals surface area contributed by atoms with Gasteiger partial charge in [-0.15, -0.1) is 0 Å². The average molecular weight is 369 g/mol. The van der Waals surface area contributed by atoms with Crippen LogP contribution in [0.1, 0.15) is 22.6 Å². The fourth-order valence-corrected chi connectivity index (χ4v) is 3.88. The van der Waals surface area contributed by atoms with Crippen molar-refractivity contribution in [2.75, 3.05) is 38.1 Å². The molecule has 2 amide bonds. The molecule has 0 aliphatic carbocycles. The number of rotatable bonds is 2. The summed E-state index contributed by atoms with van der Waals surface area (Å²) in [5, 5.41) is 4.18. The Hall–Kier alpha value is -2.81. The van der Waals surface area contributed by atoms with Gasteiger partial charge >= 0.3 is 0 Å². The lowest BCUT2D eigenvalue weighted by Gasteiger charge is -2.46. The number of hydrogen-bond acceptors (Lipinski definition) is 6. The van der Waals surface area contributed by atoms with Gasteiger partial charge in [0.15, 0.2) is 0 Å². The van der Waals surface area contributed by atoms with Gasteiger partial charge in [-0.3, -0.25) is 24.2 Å². The van der Waals surface area contributed by atoms with Crippen molar-refractivity contribution in [3.05, 3.63) is 36.2 Å². The highest BCUT2D eigenvalue weighted by Crippen LogP contribution is 2.33. The molecule has 1 atom stereocenters. The van der Waals surface area contributed by atoms with Crippen molar-refractivity contribution < 1.29 is 9.59 Å². The number of carbonyl (C=O) groups excluding carboxylic acids is 2. The zero-order valence-electron chi connectivity index (χ0n) is 15.8. The molecule has 9 nitrogen and oxygen atoms in total. The first-order chi connectivity index (χ1) is 12.9. The Bertz CT molecular complexity index is 878. The van der Waals surface area contributed by atoms with Gasteiger partial charge in [-0.05, 0) is 20.4 Å². The van der Waals surface area contributed by atoms with Crippen LogP contribution in [0.3, 0.4) is 0 Å². The van der Waals surface area contributed by atoms with E-state index in [-0.39, 0.29) is 17.4 Å². The Kier molecular flexibility index (Phi) is 4.18. The lowest BCUT2D eigenvalue weighted by molar-refractivity contribution is -0.123. The van der Waals surface area contributed by atoms with Crippen LogP contribution in [-0.4, -0.2) is 80.1 Å². The van der Waals surface area contributed by atoms with Crippen molar-refractivity contribution in [3.63, 3.8) is 0 Å². The number of aryl methyl sites for hydroxylation is 2. The summed E-state index contributed by atoms with van der Waals surface area (Å²) >= 11 is 0. The minimum atomic E-state index is -0.266. The van der Waals surface area contributed by atoms with Crippen LogP contribution >= 0.6 is 0 Å². The molecule has 4 rings (SSSR count). The van der Waals surface area contributed by atoms with E-state index in [1.807, 2.05) is 32.1 Å². The summed E-state index contributed by atoms with van der Waals surface area (Å²) in [6, 6.07) is 0. The van der Waals surface area contributed by atoms with Crippen LogP contribution < -0.4 is 4.90 Å². The molecule has 2 aromatic heterocycles. The number of anilines is 1. The van der Waals surface area contributed by atoms with Crippen LogP contribution in [0, 0.1) is 6.92 Å². The summed E-state index contributed by atoms with van der Waals surface area (Å²) in [4.78, 5) is 39.5. The van der Waals surface area contributed by atoms with Crippen LogP contribution in [0.4, 0.5) is 5.69 Å². The summed E-state index contributed by atoms with van der Waals surface area (Å²) in [5.74, 6) is -0.0668. The Balaban J connectivity index is 1.55. The molecule has 2 aromatic rings. The van der Waals surface area contributed by atoms with E-state index >= 15 is 0 Å². The van der Waals surface area contributed by atoms with Gasteiger partial charge in [0, 0.05) is 39.1 Å². The lowest BCUT2D eigenvalue weighted by atomic mass is 9.93. The fourth-order valence-electron chi connectivity index (χ4n) is 3.88. The average Bonchev–Trinajstić information content (AvgIpc) is 3.26. The molecule has 0 saturated carbocycles. The molecule has 2 aliphatic rings. The first kappa shape index (κ1) is 17.6. The maximum Gasteiger partial charge on any atom is 0.274 e. The van der Waals surface area contributed by atoms with E-state index in [1.54, 1.807) is 22.0 Å². The largest absolute Gasteiger partial charge is 0.335 e. The number of carbonyl (C=O) groups is 2. The predicted molar refractivity (Wildman–Crippen MR) is 98.2 cm³/mol. The van der Waals surface area contributed by atoms with Gasteiger partial charge in [0.2, 0.25) is 5.91 Å². The van der Waals surface area contributed by atoms with Gasteiger partial charge in [-0.25, -0.2) is 4.98 Å². The number of piperazine rings is 1. The van der Waals surface area contributed by atoms with Crippen molar-refractivity contribution in [2.24, 2.45) is 7.05 Å². The van der Waals surface area contributed by atoms with Crippen molar-refractivity contribution in [1.82, 2.24) is 29.5 Å². The molecule has 9 heteroatoms. The molecule has 0 aromatic carbocycles.